The molecule has 0 saturated carbocycles. The van der Waals surface area contributed by atoms with Crippen LogP contribution >= 0.6 is 23.5 Å². The van der Waals surface area contributed by atoms with Gasteiger partial charge in [0.25, 0.3) is 0 Å². The average molecular weight is 250 g/mol. The molecule has 1 heterocycles. The van der Waals surface area contributed by atoms with Crippen molar-refractivity contribution in [2.24, 2.45) is 0 Å². The predicted octanol–water partition coefficient (Wildman–Crippen LogP) is 1.89. The maximum Gasteiger partial charge on any atom is 0.308 e. The van der Waals surface area contributed by atoms with Crippen LogP contribution in [0.25, 0.3) is 0 Å². The molecule has 0 aromatic rings. The molecule has 0 spiro atoms. The molecule has 0 unspecified atom stereocenters. The molecule has 1 rings (SSSR count). The maximum absolute atomic E-state index is 11.2. The van der Waals surface area contributed by atoms with E-state index in [1.165, 1.54) is 0 Å². The minimum atomic E-state index is -0.520. The van der Waals surface area contributed by atoms with Gasteiger partial charge in [-0.05, 0) is 11.5 Å². The number of esters is 1. The molecule has 0 aromatic carbocycles. The van der Waals surface area contributed by atoms with Gasteiger partial charge in [0.05, 0.1) is 17.1 Å². The Labute approximate surface area is 99.3 Å². The molecule has 2 atom stereocenters. The van der Waals surface area contributed by atoms with Gasteiger partial charge < -0.3 is 9.84 Å². The fourth-order valence-corrected chi connectivity index (χ4v) is 4.19. The molecule has 88 valence electrons. The van der Waals surface area contributed by atoms with E-state index in [1.54, 1.807) is 23.5 Å². The molecule has 15 heavy (non-hydrogen) atoms. The third-order valence-electron chi connectivity index (χ3n) is 2.15. The third-order valence-corrected chi connectivity index (χ3v) is 4.90. The molecule has 1 fully saturated rings. The lowest BCUT2D eigenvalue weighted by Crippen LogP contribution is -2.37. The lowest BCUT2D eigenvalue weighted by Gasteiger charge is -2.31. The van der Waals surface area contributed by atoms with E-state index in [0.29, 0.717) is 6.42 Å². The van der Waals surface area contributed by atoms with Gasteiger partial charge in [0, 0.05) is 6.42 Å². The highest BCUT2D eigenvalue weighted by molar-refractivity contribution is 8.17. The van der Waals surface area contributed by atoms with Gasteiger partial charge in [0.15, 0.2) is 0 Å². The van der Waals surface area contributed by atoms with Gasteiger partial charge in [-0.2, -0.15) is 0 Å². The van der Waals surface area contributed by atoms with E-state index in [1.807, 2.05) is 0 Å². The molecule has 0 aliphatic carbocycles. The van der Waals surface area contributed by atoms with Gasteiger partial charge in [0.2, 0.25) is 0 Å². The van der Waals surface area contributed by atoms with Crippen molar-refractivity contribution in [2.45, 2.75) is 43.5 Å². The molecule has 1 N–H and O–H groups in total. The standard InChI is InChI=1S/C10H18O3S2/c1-3-14-10(15-4-2)8-5-7(11)6-9(12)13-8/h7-8,10-11H,3-6H2,1-2H3/t7-,8+/m0/s1. The molecule has 0 aromatic heterocycles. The summed E-state index contributed by atoms with van der Waals surface area (Å²) in [7, 11) is 0. The van der Waals surface area contributed by atoms with Gasteiger partial charge in [-0.1, -0.05) is 13.8 Å². The van der Waals surface area contributed by atoms with E-state index >= 15 is 0 Å². The lowest BCUT2D eigenvalue weighted by molar-refractivity contribution is -0.158. The number of hydrogen-bond donors (Lipinski definition) is 1. The molecule has 1 aliphatic rings. The zero-order chi connectivity index (χ0) is 11.3. The Morgan fingerprint density at radius 2 is 2.07 bits per heavy atom. The highest BCUT2D eigenvalue weighted by atomic mass is 32.2. The number of aliphatic hydroxyl groups is 1. The Hall–Kier alpha value is 0.130. The topological polar surface area (TPSA) is 46.5 Å². The van der Waals surface area contributed by atoms with Crippen molar-refractivity contribution in [1.82, 2.24) is 0 Å². The second-order valence-electron chi connectivity index (χ2n) is 3.40. The Bertz CT molecular complexity index is 205. The molecule has 5 heteroatoms. The van der Waals surface area contributed by atoms with Crippen molar-refractivity contribution in [3.8, 4) is 0 Å². The fraction of sp³-hybridized carbons (Fsp3) is 0.900. The Morgan fingerprint density at radius 1 is 1.47 bits per heavy atom. The van der Waals surface area contributed by atoms with Crippen molar-refractivity contribution in [2.75, 3.05) is 11.5 Å². The summed E-state index contributed by atoms with van der Waals surface area (Å²) in [5.74, 6) is 1.74. The van der Waals surface area contributed by atoms with Crippen molar-refractivity contribution < 1.29 is 14.6 Å². The number of aliphatic hydroxyl groups excluding tert-OH is 1. The molecule has 1 aliphatic heterocycles. The van der Waals surface area contributed by atoms with Crippen LogP contribution in [0.3, 0.4) is 0 Å². The van der Waals surface area contributed by atoms with Crippen LogP contribution in [-0.4, -0.2) is 39.4 Å². The van der Waals surface area contributed by atoms with E-state index in [-0.39, 0.29) is 23.1 Å². The minimum Gasteiger partial charge on any atom is -0.460 e. The first-order valence-corrected chi connectivity index (χ1v) is 7.37. The number of hydrogen-bond acceptors (Lipinski definition) is 5. The predicted molar refractivity (Wildman–Crippen MR) is 65.2 cm³/mol. The van der Waals surface area contributed by atoms with E-state index in [0.717, 1.165) is 11.5 Å². The largest absolute Gasteiger partial charge is 0.460 e. The Morgan fingerprint density at radius 3 is 2.53 bits per heavy atom. The summed E-state index contributed by atoms with van der Waals surface area (Å²) in [5.41, 5.74) is 0. The monoisotopic (exact) mass is 250 g/mol. The third kappa shape index (κ3) is 4.25. The number of rotatable bonds is 5. The summed E-state index contributed by atoms with van der Waals surface area (Å²) in [6, 6.07) is 0. The summed E-state index contributed by atoms with van der Waals surface area (Å²) in [6.45, 7) is 4.18. The van der Waals surface area contributed by atoms with Crippen LogP contribution in [0.15, 0.2) is 0 Å². The molecule has 0 radical (unpaired) electrons. The van der Waals surface area contributed by atoms with Crippen LogP contribution in [0.5, 0.6) is 0 Å². The van der Waals surface area contributed by atoms with E-state index in [9.17, 15) is 9.90 Å². The first kappa shape index (κ1) is 13.2. The van der Waals surface area contributed by atoms with Gasteiger partial charge in [-0.3, -0.25) is 4.79 Å². The summed E-state index contributed by atoms with van der Waals surface area (Å²) >= 11 is 3.57. The lowest BCUT2D eigenvalue weighted by atomic mass is 10.1. The van der Waals surface area contributed by atoms with Gasteiger partial charge in [-0.15, -0.1) is 23.5 Å². The van der Waals surface area contributed by atoms with Crippen LogP contribution in [0.1, 0.15) is 26.7 Å². The Kier molecular flexibility index (Phi) is 5.86. The highest BCUT2D eigenvalue weighted by Crippen LogP contribution is 2.32. The van der Waals surface area contributed by atoms with E-state index in [2.05, 4.69) is 13.8 Å². The maximum atomic E-state index is 11.2. The molecular weight excluding hydrogens is 232 g/mol. The minimum absolute atomic E-state index is 0.129. The van der Waals surface area contributed by atoms with Gasteiger partial charge in [0.1, 0.15) is 6.10 Å². The van der Waals surface area contributed by atoms with Crippen LogP contribution in [0.2, 0.25) is 0 Å². The van der Waals surface area contributed by atoms with Gasteiger partial charge in [-0.25, -0.2) is 0 Å². The molecule has 1 saturated heterocycles. The highest BCUT2D eigenvalue weighted by Gasteiger charge is 2.33. The van der Waals surface area contributed by atoms with Crippen molar-refractivity contribution in [1.29, 1.82) is 0 Å². The molecule has 0 amide bonds. The van der Waals surface area contributed by atoms with Crippen LogP contribution in [-0.2, 0) is 9.53 Å². The number of carbonyl (C=O) groups is 1. The second-order valence-corrected chi connectivity index (χ2v) is 6.54. The van der Waals surface area contributed by atoms with Crippen molar-refractivity contribution in [3.05, 3.63) is 0 Å². The van der Waals surface area contributed by atoms with E-state index in [4.69, 9.17) is 4.74 Å². The van der Waals surface area contributed by atoms with Crippen LogP contribution < -0.4 is 0 Å². The molecular formula is C10H18O3S2. The number of ether oxygens (including phenoxy) is 1. The van der Waals surface area contributed by atoms with Crippen LogP contribution in [0, 0.1) is 0 Å². The molecule has 0 bridgehead atoms. The summed E-state index contributed by atoms with van der Waals surface area (Å²) in [5, 5.41) is 9.52. The quantitative estimate of drug-likeness (QED) is 0.596. The summed E-state index contributed by atoms with van der Waals surface area (Å²) in [4.78, 5) is 11.2. The Balaban J connectivity index is 2.53. The SMILES string of the molecule is CCSC(SCC)[C@H]1C[C@H](O)CC(=O)O1. The zero-order valence-corrected chi connectivity index (χ0v) is 10.8. The number of thioether (sulfide) groups is 2. The smallest absolute Gasteiger partial charge is 0.308 e. The first-order chi connectivity index (χ1) is 7.17. The number of carbonyl (C=O) groups excluding carboxylic acids is 1. The first-order valence-electron chi connectivity index (χ1n) is 5.28. The average Bonchev–Trinajstić information content (AvgIpc) is 2.16. The van der Waals surface area contributed by atoms with Crippen molar-refractivity contribution >= 4 is 29.5 Å². The molecule has 3 nitrogen and oxygen atoms in total. The van der Waals surface area contributed by atoms with Gasteiger partial charge >= 0.3 is 5.97 Å². The fourth-order valence-electron chi connectivity index (χ4n) is 1.57. The van der Waals surface area contributed by atoms with Crippen molar-refractivity contribution in [3.63, 3.8) is 0 Å². The van der Waals surface area contributed by atoms with Crippen LogP contribution in [0.4, 0.5) is 0 Å². The summed E-state index contributed by atoms with van der Waals surface area (Å²) in [6.07, 6.45) is 0.0811. The zero-order valence-electron chi connectivity index (χ0n) is 9.14. The normalized spacial score (nSPS) is 26.8. The number of cyclic esters (lactones) is 1. The van der Waals surface area contributed by atoms with E-state index < -0.39 is 6.10 Å². The summed E-state index contributed by atoms with van der Waals surface area (Å²) < 4.78 is 5.55. The second kappa shape index (κ2) is 6.66.